The molecule has 0 bridgehead atoms. The van der Waals surface area contributed by atoms with Gasteiger partial charge in [0.15, 0.2) is 0 Å². The van der Waals surface area contributed by atoms with Crippen molar-refractivity contribution in [2.45, 2.75) is 32.9 Å². The summed E-state index contributed by atoms with van der Waals surface area (Å²) in [5.41, 5.74) is 1.12. The molecule has 98 valence electrons. The third-order valence-electron chi connectivity index (χ3n) is 2.87. The molecule has 0 aromatic carbocycles. The second-order valence-electron chi connectivity index (χ2n) is 4.14. The molecule has 1 heterocycles. The van der Waals surface area contributed by atoms with Crippen LogP contribution >= 0.6 is 0 Å². The highest BCUT2D eigenvalue weighted by Gasteiger charge is 2.08. The molecule has 0 radical (unpaired) electrons. The fourth-order valence-corrected chi connectivity index (χ4v) is 2.34. The summed E-state index contributed by atoms with van der Waals surface area (Å²) in [5.74, 6) is 0.453. The number of hydrogen-bond donors (Lipinski definition) is 1. The van der Waals surface area contributed by atoms with Gasteiger partial charge in [-0.2, -0.15) is 5.10 Å². The Hall–Kier alpha value is -0.880. The van der Waals surface area contributed by atoms with E-state index < -0.39 is 9.84 Å². The van der Waals surface area contributed by atoms with E-state index in [-0.39, 0.29) is 17.5 Å². The van der Waals surface area contributed by atoms with Crippen LogP contribution < -0.4 is 5.32 Å². The maximum Gasteiger partial charge on any atom is 0.150 e. The Labute approximate surface area is 103 Å². The van der Waals surface area contributed by atoms with Gasteiger partial charge in [-0.3, -0.25) is 4.68 Å². The molecule has 0 saturated carbocycles. The van der Waals surface area contributed by atoms with Gasteiger partial charge in [0.2, 0.25) is 0 Å². The summed E-state index contributed by atoms with van der Waals surface area (Å²) in [5, 5.41) is 7.35. The Morgan fingerprint density at radius 3 is 2.82 bits per heavy atom. The van der Waals surface area contributed by atoms with E-state index in [1.54, 1.807) is 11.6 Å². The van der Waals surface area contributed by atoms with E-state index >= 15 is 0 Å². The number of nitrogens with zero attached hydrogens (tertiary/aromatic N) is 2. The summed E-state index contributed by atoms with van der Waals surface area (Å²) in [4.78, 5) is 0. The lowest BCUT2D eigenvalue weighted by molar-refractivity contribution is 0.572. The van der Waals surface area contributed by atoms with Crippen molar-refractivity contribution in [3.8, 4) is 0 Å². The number of aryl methyl sites for hydroxylation is 1. The third kappa shape index (κ3) is 4.47. The van der Waals surface area contributed by atoms with Crippen molar-refractivity contribution in [3.63, 3.8) is 0 Å². The number of rotatable bonds is 7. The van der Waals surface area contributed by atoms with E-state index in [0.717, 1.165) is 5.56 Å². The summed E-state index contributed by atoms with van der Waals surface area (Å²) in [7, 11) is -0.959. The van der Waals surface area contributed by atoms with Gasteiger partial charge in [0.25, 0.3) is 0 Å². The van der Waals surface area contributed by atoms with Crippen LogP contribution in [0.4, 0.5) is 0 Å². The first-order chi connectivity index (χ1) is 7.98. The SMILES string of the molecule is CCS(=O)(=O)CCCn1cc(C(C)NC)cn1. The second-order valence-corrected chi connectivity index (χ2v) is 6.61. The molecular weight excluding hydrogens is 238 g/mol. The van der Waals surface area contributed by atoms with Gasteiger partial charge in [0, 0.05) is 30.1 Å². The summed E-state index contributed by atoms with van der Waals surface area (Å²) in [6.07, 6.45) is 4.39. The zero-order valence-corrected chi connectivity index (χ0v) is 11.5. The van der Waals surface area contributed by atoms with Crippen LogP contribution in [0, 0.1) is 0 Å². The van der Waals surface area contributed by atoms with E-state index in [1.807, 2.05) is 19.4 Å². The number of nitrogens with one attached hydrogen (secondary N) is 1. The van der Waals surface area contributed by atoms with Crippen molar-refractivity contribution < 1.29 is 8.42 Å². The molecule has 0 aliphatic heterocycles. The Morgan fingerprint density at radius 1 is 1.53 bits per heavy atom. The molecule has 5 nitrogen and oxygen atoms in total. The van der Waals surface area contributed by atoms with Crippen LogP contribution in [-0.2, 0) is 16.4 Å². The van der Waals surface area contributed by atoms with Crippen LogP contribution in [0.25, 0.3) is 0 Å². The van der Waals surface area contributed by atoms with Crippen LogP contribution in [0.2, 0.25) is 0 Å². The van der Waals surface area contributed by atoms with Gasteiger partial charge >= 0.3 is 0 Å². The number of hydrogen-bond acceptors (Lipinski definition) is 4. The van der Waals surface area contributed by atoms with Crippen molar-refractivity contribution in [2.24, 2.45) is 0 Å². The largest absolute Gasteiger partial charge is 0.313 e. The van der Waals surface area contributed by atoms with E-state index in [1.165, 1.54) is 0 Å². The van der Waals surface area contributed by atoms with Gasteiger partial charge in [-0.05, 0) is 20.4 Å². The lowest BCUT2D eigenvalue weighted by atomic mass is 10.2. The normalized spacial score (nSPS) is 13.8. The summed E-state index contributed by atoms with van der Waals surface area (Å²) in [6, 6.07) is 0.267. The fourth-order valence-electron chi connectivity index (χ4n) is 1.48. The summed E-state index contributed by atoms with van der Waals surface area (Å²) < 4.78 is 24.4. The predicted molar refractivity (Wildman–Crippen MR) is 68.6 cm³/mol. The quantitative estimate of drug-likeness (QED) is 0.793. The van der Waals surface area contributed by atoms with Crippen molar-refractivity contribution in [3.05, 3.63) is 18.0 Å². The van der Waals surface area contributed by atoms with Crippen molar-refractivity contribution in [1.29, 1.82) is 0 Å². The molecule has 1 N–H and O–H groups in total. The first-order valence-corrected chi connectivity index (χ1v) is 7.70. The van der Waals surface area contributed by atoms with Crippen molar-refractivity contribution >= 4 is 9.84 Å². The molecule has 1 rings (SSSR count). The van der Waals surface area contributed by atoms with Crippen LogP contribution in [0.5, 0.6) is 0 Å². The Balaban J connectivity index is 2.45. The third-order valence-corrected chi connectivity index (χ3v) is 4.66. The molecule has 0 fully saturated rings. The Kier molecular flexibility index (Phi) is 5.14. The molecule has 0 saturated heterocycles. The lowest BCUT2D eigenvalue weighted by Gasteiger charge is -2.06. The van der Waals surface area contributed by atoms with Gasteiger partial charge in [0.05, 0.1) is 11.9 Å². The van der Waals surface area contributed by atoms with Gasteiger partial charge in [-0.25, -0.2) is 8.42 Å². The molecule has 6 heteroatoms. The van der Waals surface area contributed by atoms with Gasteiger partial charge in [0.1, 0.15) is 9.84 Å². The molecule has 1 aromatic rings. The van der Waals surface area contributed by atoms with Crippen molar-refractivity contribution in [1.82, 2.24) is 15.1 Å². The summed E-state index contributed by atoms with van der Waals surface area (Å²) >= 11 is 0. The first kappa shape index (κ1) is 14.2. The molecule has 1 atom stereocenters. The van der Waals surface area contributed by atoms with E-state index in [2.05, 4.69) is 17.3 Å². The monoisotopic (exact) mass is 259 g/mol. The van der Waals surface area contributed by atoms with Crippen LogP contribution in [0.15, 0.2) is 12.4 Å². The molecule has 1 aromatic heterocycles. The highest BCUT2D eigenvalue weighted by Crippen LogP contribution is 2.10. The lowest BCUT2D eigenvalue weighted by Crippen LogP contribution is -2.12. The average molecular weight is 259 g/mol. The van der Waals surface area contributed by atoms with Crippen LogP contribution in [-0.4, -0.2) is 36.8 Å². The van der Waals surface area contributed by atoms with Crippen molar-refractivity contribution in [2.75, 3.05) is 18.6 Å². The molecule has 0 aliphatic carbocycles. The zero-order chi connectivity index (χ0) is 12.9. The highest BCUT2D eigenvalue weighted by molar-refractivity contribution is 7.91. The minimum atomic E-state index is -2.86. The highest BCUT2D eigenvalue weighted by atomic mass is 32.2. The summed E-state index contributed by atoms with van der Waals surface area (Å²) in [6.45, 7) is 4.38. The maximum atomic E-state index is 11.3. The molecule has 1 unspecified atom stereocenters. The predicted octanol–water partition coefficient (Wildman–Crippen LogP) is 0.988. The van der Waals surface area contributed by atoms with E-state index in [9.17, 15) is 8.42 Å². The van der Waals surface area contributed by atoms with Crippen LogP contribution in [0.1, 0.15) is 31.9 Å². The zero-order valence-electron chi connectivity index (χ0n) is 10.7. The molecule has 0 spiro atoms. The minimum Gasteiger partial charge on any atom is -0.313 e. The number of sulfone groups is 1. The standard InChI is InChI=1S/C11H21N3O2S/c1-4-17(15,16)7-5-6-14-9-11(8-13-14)10(2)12-3/h8-10,12H,4-7H2,1-3H3. The average Bonchev–Trinajstić information content (AvgIpc) is 2.76. The molecular formula is C11H21N3O2S. The molecule has 0 amide bonds. The van der Waals surface area contributed by atoms with Crippen LogP contribution in [0.3, 0.4) is 0 Å². The molecule has 17 heavy (non-hydrogen) atoms. The Bertz CT molecular complexity index is 439. The minimum absolute atomic E-state index is 0.216. The maximum absolute atomic E-state index is 11.3. The smallest absolute Gasteiger partial charge is 0.150 e. The van der Waals surface area contributed by atoms with E-state index in [0.29, 0.717) is 13.0 Å². The van der Waals surface area contributed by atoms with Gasteiger partial charge in [-0.1, -0.05) is 6.92 Å². The Morgan fingerprint density at radius 2 is 2.24 bits per heavy atom. The van der Waals surface area contributed by atoms with Gasteiger partial charge in [-0.15, -0.1) is 0 Å². The van der Waals surface area contributed by atoms with Gasteiger partial charge < -0.3 is 5.32 Å². The second kappa shape index (κ2) is 6.16. The molecule has 0 aliphatic rings. The van der Waals surface area contributed by atoms with E-state index in [4.69, 9.17) is 0 Å². The topological polar surface area (TPSA) is 64.0 Å². The first-order valence-electron chi connectivity index (χ1n) is 5.88. The number of aromatic nitrogens is 2. The fraction of sp³-hybridized carbons (Fsp3) is 0.727.